The fourth-order valence-electron chi connectivity index (χ4n) is 3.45. The SMILES string of the molecule is N=COc1ncccc1-c1ccc(O)c(-c2nc3cc(C(=O)Nc4cc[nH]n4)ccc3[nH]2)c1. The van der Waals surface area contributed by atoms with E-state index in [9.17, 15) is 9.90 Å². The van der Waals surface area contributed by atoms with Gasteiger partial charge in [-0.1, -0.05) is 6.07 Å². The zero-order valence-electron chi connectivity index (χ0n) is 17.0. The van der Waals surface area contributed by atoms with E-state index in [1.807, 2.05) is 6.07 Å². The number of fused-ring (bicyclic) bond motifs is 1. The summed E-state index contributed by atoms with van der Waals surface area (Å²) in [5.74, 6) is 0.863. The number of aromatic nitrogens is 5. The zero-order chi connectivity index (χ0) is 22.8. The quantitative estimate of drug-likeness (QED) is 0.199. The van der Waals surface area contributed by atoms with Gasteiger partial charge in [0.15, 0.2) is 12.2 Å². The Balaban J connectivity index is 1.51. The number of carbonyl (C=O) groups is 1. The average molecular weight is 439 g/mol. The molecular weight excluding hydrogens is 422 g/mol. The van der Waals surface area contributed by atoms with E-state index in [1.54, 1.807) is 60.9 Å². The Morgan fingerprint density at radius 3 is 2.85 bits per heavy atom. The minimum atomic E-state index is -0.311. The molecule has 0 aliphatic heterocycles. The van der Waals surface area contributed by atoms with Crippen LogP contribution in [-0.2, 0) is 0 Å². The molecule has 0 saturated carbocycles. The van der Waals surface area contributed by atoms with Crippen molar-refractivity contribution in [2.24, 2.45) is 0 Å². The Labute approximate surface area is 186 Å². The van der Waals surface area contributed by atoms with Crippen LogP contribution in [0.4, 0.5) is 5.82 Å². The van der Waals surface area contributed by atoms with Crippen LogP contribution in [0.15, 0.2) is 67.0 Å². The Morgan fingerprint density at radius 2 is 2.03 bits per heavy atom. The van der Waals surface area contributed by atoms with Gasteiger partial charge in [-0.3, -0.25) is 15.3 Å². The second-order valence-electron chi connectivity index (χ2n) is 7.05. The third-order valence-electron chi connectivity index (χ3n) is 4.99. The first-order chi connectivity index (χ1) is 16.1. The number of pyridine rings is 1. The largest absolute Gasteiger partial charge is 0.507 e. The normalized spacial score (nSPS) is 10.8. The molecule has 0 radical (unpaired) electrons. The van der Waals surface area contributed by atoms with Gasteiger partial charge in [0.05, 0.1) is 16.6 Å². The topological polar surface area (TPSA) is 153 Å². The van der Waals surface area contributed by atoms with Gasteiger partial charge in [0, 0.05) is 29.6 Å². The number of ether oxygens (including phenoxy) is 1. The van der Waals surface area contributed by atoms with Crippen LogP contribution < -0.4 is 10.1 Å². The molecule has 10 nitrogen and oxygen atoms in total. The van der Waals surface area contributed by atoms with Gasteiger partial charge in [-0.2, -0.15) is 5.10 Å². The van der Waals surface area contributed by atoms with Crippen LogP contribution in [0.25, 0.3) is 33.5 Å². The number of amides is 1. The molecule has 2 aromatic carbocycles. The number of hydrogen-bond acceptors (Lipinski definition) is 7. The molecular formula is C23H17N7O3. The Bertz CT molecular complexity index is 1480. The lowest BCUT2D eigenvalue weighted by Gasteiger charge is -2.09. The molecule has 1 amide bonds. The first-order valence-electron chi connectivity index (χ1n) is 9.87. The van der Waals surface area contributed by atoms with E-state index < -0.39 is 0 Å². The van der Waals surface area contributed by atoms with E-state index in [2.05, 4.69) is 30.5 Å². The van der Waals surface area contributed by atoms with Crippen LogP contribution in [0, 0.1) is 5.41 Å². The summed E-state index contributed by atoms with van der Waals surface area (Å²) in [5.41, 5.74) is 3.56. The summed E-state index contributed by atoms with van der Waals surface area (Å²) in [4.78, 5) is 24.4. The number of H-pyrrole nitrogens is 2. The highest BCUT2D eigenvalue weighted by atomic mass is 16.5. The highest BCUT2D eigenvalue weighted by molar-refractivity contribution is 6.05. The van der Waals surface area contributed by atoms with Gasteiger partial charge in [0.25, 0.3) is 5.91 Å². The lowest BCUT2D eigenvalue weighted by molar-refractivity contribution is 0.102. The number of aromatic hydroxyl groups is 1. The first kappa shape index (κ1) is 19.9. The molecule has 0 spiro atoms. The number of nitrogens with one attached hydrogen (secondary N) is 4. The smallest absolute Gasteiger partial charge is 0.256 e. The highest BCUT2D eigenvalue weighted by Gasteiger charge is 2.15. The third kappa shape index (κ3) is 3.88. The van der Waals surface area contributed by atoms with Gasteiger partial charge in [-0.25, -0.2) is 9.97 Å². The predicted octanol–water partition coefficient (Wildman–Crippen LogP) is 3.96. The molecule has 5 N–H and O–H groups in total. The highest BCUT2D eigenvalue weighted by Crippen LogP contribution is 2.35. The van der Waals surface area contributed by atoms with Gasteiger partial charge in [-0.15, -0.1) is 0 Å². The number of phenolic OH excluding ortho intramolecular Hbond substituents is 1. The molecule has 5 aromatic rings. The molecule has 5 rings (SSSR count). The molecule has 0 bridgehead atoms. The summed E-state index contributed by atoms with van der Waals surface area (Å²) in [6, 6.07) is 15.4. The summed E-state index contributed by atoms with van der Waals surface area (Å²) in [5, 5.41) is 27.0. The molecule has 162 valence electrons. The van der Waals surface area contributed by atoms with Crippen molar-refractivity contribution in [2.45, 2.75) is 0 Å². The van der Waals surface area contributed by atoms with Gasteiger partial charge >= 0.3 is 0 Å². The first-order valence-corrected chi connectivity index (χ1v) is 9.87. The number of anilines is 1. The van der Waals surface area contributed by atoms with Gasteiger partial charge in [-0.05, 0) is 48.0 Å². The van der Waals surface area contributed by atoms with E-state index in [0.717, 1.165) is 12.0 Å². The van der Waals surface area contributed by atoms with Crippen molar-refractivity contribution in [1.29, 1.82) is 5.41 Å². The van der Waals surface area contributed by atoms with E-state index in [-0.39, 0.29) is 17.5 Å². The Hall–Kier alpha value is -4.99. The predicted molar refractivity (Wildman–Crippen MR) is 122 cm³/mol. The summed E-state index contributed by atoms with van der Waals surface area (Å²) in [6.07, 6.45) is 4.00. The second kappa shape index (κ2) is 8.27. The van der Waals surface area contributed by atoms with Crippen LogP contribution >= 0.6 is 0 Å². The van der Waals surface area contributed by atoms with Crippen LogP contribution in [0.2, 0.25) is 0 Å². The molecule has 0 aliphatic carbocycles. The summed E-state index contributed by atoms with van der Waals surface area (Å²) < 4.78 is 5.19. The van der Waals surface area contributed by atoms with Crippen molar-refractivity contribution in [3.63, 3.8) is 0 Å². The Morgan fingerprint density at radius 1 is 1.12 bits per heavy atom. The summed E-state index contributed by atoms with van der Waals surface area (Å²) >= 11 is 0. The number of phenols is 1. The Kier molecular flexibility index (Phi) is 5.00. The van der Waals surface area contributed by atoms with Crippen molar-refractivity contribution >= 4 is 29.2 Å². The average Bonchev–Trinajstić information content (AvgIpc) is 3.49. The van der Waals surface area contributed by atoms with Crippen LogP contribution in [-0.4, -0.2) is 42.6 Å². The van der Waals surface area contributed by atoms with E-state index in [0.29, 0.717) is 39.4 Å². The van der Waals surface area contributed by atoms with Crippen LogP contribution in [0.5, 0.6) is 11.6 Å². The second-order valence-corrected chi connectivity index (χ2v) is 7.05. The standard InChI is InChI=1S/C23H17N7O3/c24-12-33-23-15(2-1-8-25-23)13-4-6-19(31)16(10-13)21-27-17-5-3-14(11-18(17)28-21)22(32)29-20-7-9-26-30-20/h1-12,24,31H,(H,27,28)(H2,26,29,30,32). The number of benzene rings is 2. The van der Waals surface area contributed by atoms with Crippen LogP contribution in [0.3, 0.4) is 0 Å². The van der Waals surface area contributed by atoms with Crippen molar-refractivity contribution in [2.75, 3.05) is 5.32 Å². The maximum absolute atomic E-state index is 12.5. The third-order valence-corrected chi connectivity index (χ3v) is 4.99. The molecule has 0 fully saturated rings. The lowest BCUT2D eigenvalue weighted by Crippen LogP contribution is -2.12. The van der Waals surface area contributed by atoms with Crippen molar-refractivity contribution < 1.29 is 14.6 Å². The molecule has 0 saturated heterocycles. The molecule has 10 heteroatoms. The van der Waals surface area contributed by atoms with Crippen molar-refractivity contribution in [1.82, 2.24) is 25.1 Å². The monoisotopic (exact) mass is 439 g/mol. The lowest BCUT2D eigenvalue weighted by atomic mass is 10.0. The van der Waals surface area contributed by atoms with Crippen molar-refractivity contribution in [3.8, 4) is 34.1 Å². The number of aromatic amines is 2. The fraction of sp³-hybridized carbons (Fsp3) is 0. The molecule has 3 heterocycles. The summed E-state index contributed by atoms with van der Waals surface area (Å²) in [6.45, 7) is 0. The maximum atomic E-state index is 12.5. The molecule has 0 unspecified atom stereocenters. The van der Waals surface area contributed by atoms with E-state index >= 15 is 0 Å². The fourth-order valence-corrected chi connectivity index (χ4v) is 3.45. The maximum Gasteiger partial charge on any atom is 0.256 e. The van der Waals surface area contributed by atoms with Crippen molar-refractivity contribution in [3.05, 3.63) is 72.6 Å². The molecule has 3 aromatic heterocycles. The molecule has 0 aliphatic rings. The number of nitrogens with zero attached hydrogens (tertiary/aromatic N) is 3. The minimum absolute atomic E-state index is 0.0349. The summed E-state index contributed by atoms with van der Waals surface area (Å²) in [7, 11) is 0. The number of rotatable bonds is 6. The number of hydrogen-bond donors (Lipinski definition) is 5. The van der Waals surface area contributed by atoms with Gasteiger partial charge < -0.3 is 20.1 Å². The van der Waals surface area contributed by atoms with E-state index in [4.69, 9.17) is 10.1 Å². The van der Waals surface area contributed by atoms with E-state index in [1.165, 1.54) is 0 Å². The van der Waals surface area contributed by atoms with Crippen LogP contribution in [0.1, 0.15) is 10.4 Å². The minimum Gasteiger partial charge on any atom is -0.507 e. The van der Waals surface area contributed by atoms with Gasteiger partial charge in [0.2, 0.25) is 5.88 Å². The number of imidazole rings is 1. The molecule has 33 heavy (non-hydrogen) atoms. The molecule has 0 atom stereocenters. The van der Waals surface area contributed by atoms with Gasteiger partial charge in [0.1, 0.15) is 11.6 Å². The zero-order valence-corrected chi connectivity index (χ0v) is 17.0. The number of carbonyl (C=O) groups excluding carboxylic acids is 1.